The van der Waals surface area contributed by atoms with Gasteiger partial charge >= 0.3 is 12.3 Å². The lowest BCUT2D eigenvalue weighted by Crippen LogP contribution is -2.57. The Bertz CT molecular complexity index is 1250. The number of alkyl halides is 3. The molecule has 4 heterocycles. The van der Waals surface area contributed by atoms with Crippen LogP contribution in [-0.4, -0.2) is 78.6 Å². The molecule has 2 unspecified atom stereocenters. The summed E-state index contributed by atoms with van der Waals surface area (Å²) >= 11 is 0. The van der Waals surface area contributed by atoms with Gasteiger partial charge in [-0.1, -0.05) is 5.21 Å². The summed E-state index contributed by atoms with van der Waals surface area (Å²) < 4.78 is 44.5. The maximum Gasteiger partial charge on any atom is 0.416 e. The number of likely N-dealkylation sites (tertiary alicyclic amines) is 1. The minimum absolute atomic E-state index is 0.188. The first kappa shape index (κ1) is 28.8. The lowest BCUT2D eigenvalue weighted by atomic mass is 9.83. The fraction of sp³-hybridized carbons (Fsp3) is 0.630. The molecule has 2 bridgehead atoms. The third kappa shape index (κ3) is 6.15. The Morgan fingerprint density at radius 2 is 1.71 bits per heavy atom. The van der Waals surface area contributed by atoms with E-state index in [1.165, 1.54) is 12.1 Å². The van der Waals surface area contributed by atoms with Crippen LogP contribution < -0.4 is 5.32 Å². The number of ether oxygens (including phenoxy) is 1. The summed E-state index contributed by atoms with van der Waals surface area (Å²) in [5.74, 6) is -0.473. The van der Waals surface area contributed by atoms with Crippen molar-refractivity contribution in [2.45, 2.75) is 95.2 Å². The molecule has 14 heteroatoms. The number of hydrogen-bond acceptors (Lipinski definition) is 7. The smallest absolute Gasteiger partial charge is 0.416 e. The number of aromatic nitrogens is 4. The highest BCUT2D eigenvalue weighted by atomic mass is 19.4. The molecular weight excluding hydrogens is 543 g/mol. The predicted octanol–water partition coefficient (Wildman–Crippen LogP) is 3.86. The van der Waals surface area contributed by atoms with Crippen LogP contribution in [0.3, 0.4) is 0 Å². The number of alkyl carbamates (subject to hydrolysis) is 1. The summed E-state index contributed by atoms with van der Waals surface area (Å²) in [6.45, 7) is 5.69. The van der Waals surface area contributed by atoms with Crippen LogP contribution in [0.1, 0.15) is 87.1 Å². The average Bonchev–Trinajstić information content (AvgIpc) is 3.64. The Morgan fingerprint density at radius 3 is 2.27 bits per heavy atom. The third-order valence-corrected chi connectivity index (χ3v) is 8.07. The van der Waals surface area contributed by atoms with E-state index in [9.17, 15) is 27.6 Å². The monoisotopic (exact) mass is 577 g/mol. The van der Waals surface area contributed by atoms with Crippen molar-refractivity contribution in [3.05, 3.63) is 41.2 Å². The fourth-order valence-corrected chi connectivity index (χ4v) is 6.38. The van der Waals surface area contributed by atoms with Gasteiger partial charge in [0.15, 0.2) is 5.82 Å². The van der Waals surface area contributed by atoms with Gasteiger partial charge in [-0.05, 0) is 89.5 Å². The minimum atomic E-state index is -4.49. The van der Waals surface area contributed by atoms with E-state index in [2.05, 4.69) is 25.9 Å². The number of carbonyl (C=O) groups excluding carboxylic acids is 3. The number of carbonyl (C=O) groups is 3. The molecule has 0 aliphatic carbocycles. The van der Waals surface area contributed by atoms with Gasteiger partial charge in [0.1, 0.15) is 11.6 Å². The number of H-pyrrole nitrogens is 1. The molecule has 11 nitrogen and oxygen atoms in total. The Labute approximate surface area is 235 Å². The van der Waals surface area contributed by atoms with Crippen molar-refractivity contribution in [3.63, 3.8) is 0 Å². The summed E-state index contributed by atoms with van der Waals surface area (Å²) in [6, 6.07) is 2.55. The molecule has 4 atom stereocenters. The lowest BCUT2D eigenvalue weighted by Gasteiger charge is -2.42. The zero-order valence-electron chi connectivity index (χ0n) is 23.1. The maximum absolute atomic E-state index is 14.0. The molecule has 1 aromatic carbocycles. The molecule has 3 saturated heterocycles. The molecule has 0 radical (unpaired) electrons. The topological polar surface area (TPSA) is 133 Å². The second kappa shape index (κ2) is 10.9. The van der Waals surface area contributed by atoms with Gasteiger partial charge in [0.2, 0.25) is 5.91 Å². The Balaban J connectivity index is 1.35. The van der Waals surface area contributed by atoms with E-state index in [0.717, 1.165) is 18.6 Å². The minimum Gasteiger partial charge on any atom is -0.444 e. The van der Waals surface area contributed by atoms with Crippen LogP contribution in [0.2, 0.25) is 0 Å². The molecular formula is C27H34F3N7O4. The van der Waals surface area contributed by atoms with Gasteiger partial charge in [-0.2, -0.15) is 18.4 Å². The summed E-state index contributed by atoms with van der Waals surface area (Å²) in [5, 5.41) is 17.0. The molecule has 41 heavy (non-hydrogen) atoms. The van der Waals surface area contributed by atoms with Crippen molar-refractivity contribution < 1.29 is 32.3 Å². The summed E-state index contributed by atoms with van der Waals surface area (Å²) in [5.41, 5.74) is -1.39. The number of benzene rings is 1. The van der Waals surface area contributed by atoms with E-state index < -0.39 is 29.5 Å². The molecule has 3 amide bonds. The van der Waals surface area contributed by atoms with E-state index in [1.54, 1.807) is 30.6 Å². The molecule has 0 saturated carbocycles. The van der Waals surface area contributed by atoms with Gasteiger partial charge in [-0.3, -0.25) is 9.59 Å². The van der Waals surface area contributed by atoms with Crippen molar-refractivity contribution in [2.24, 2.45) is 5.92 Å². The zero-order chi connectivity index (χ0) is 29.5. The fourth-order valence-electron chi connectivity index (χ4n) is 6.38. The summed E-state index contributed by atoms with van der Waals surface area (Å²) in [7, 11) is 0. The van der Waals surface area contributed by atoms with Gasteiger partial charge in [-0.25, -0.2) is 4.79 Å². The summed E-state index contributed by atoms with van der Waals surface area (Å²) in [6.07, 6.45) is -1.47. The Morgan fingerprint density at radius 1 is 1.05 bits per heavy atom. The van der Waals surface area contributed by atoms with Crippen LogP contribution in [0, 0.1) is 5.92 Å². The second-order valence-electron chi connectivity index (χ2n) is 12.0. The van der Waals surface area contributed by atoms with Crippen molar-refractivity contribution >= 4 is 17.9 Å². The first-order chi connectivity index (χ1) is 19.3. The van der Waals surface area contributed by atoms with Gasteiger partial charge in [0, 0.05) is 24.2 Å². The third-order valence-electron chi connectivity index (χ3n) is 8.07. The van der Waals surface area contributed by atoms with Gasteiger partial charge in [0.05, 0.1) is 11.6 Å². The molecule has 222 valence electrons. The van der Waals surface area contributed by atoms with Crippen LogP contribution in [0.4, 0.5) is 18.0 Å². The van der Waals surface area contributed by atoms with E-state index in [1.807, 2.05) is 0 Å². The quantitative estimate of drug-likeness (QED) is 0.551. The van der Waals surface area contributed by atoms with E-state index in [-0.39, 0.29) is 41.4 Å². The molecule has 3 aliphatic rings. The number of piperidine rings is 1. The number of hydrogen-bond donors (Lipinski definition) is 2. The normalized spacial score (nSPS) is 25.2. The largest absolute Gasteiger partial charge is 0.444 e. The van der Waals surface area contributed by atoms with Crippen LogP contribution in [0.5, 0.6) is 0 Å². The SMILES string of the molecule is CC(C)(C)OC(=O)N[C@H](C(=O)N1CCC[C@H]1c1nn[nH]n1)C1CC2CCC(C1)N2C(=O)c1ccc(C(F)(F)F)cc1. The first-order valence-electron chi connectivity index (χ1n) is 13.8. The van der Waals surface area contributed by atoms with Crippen LogP contribution in [0.25, 0.3) is 0 Å². The number of fused-ring (bicyclic) bond motifs is 2. The molecule has 3 aliphatic heterocycles. The Kier molecular flexibility index (Phi) is 7.68. The predicted molar refractivity (Wildman–Crippen MR) is 138 cm³/mol. The van der Waals surface area contributed by atoms with E-state index in [4.69, 9.17) is 4.74 Å². The van der Waals surface area contributed by atoms with Crippen molar-refractivity contribution in [3.8, 4) is 0 Å². The van der Waals surface area contributed by atoms with Crippen molar-refractivity contribution in [2.75, 3.05) is 6.54 Å². The highest BCUT2D eigenvalue weighted by molar-refractivity contribution is 5.95. The molecule has 1 aromatic heterocycles. The highest BCUT2D eigenvalue weighted by Crippen LogP contribution is 2.42. The molecule has 5 rings (SSSR count). The number of halogens is 3. The molecule has 3 fully saturated rings. The molecule has 0 spiro atoms. The van der Waals surface area contributed by atoms with Crippen molar-refractivity contribution in [1.29, 1.82) is 0 Å². The number of nitrogens with one attached hydrogen (secondary N) is 2. The number of aromatic amines is 1. The number of amides is 3. The van der Waals surface area contributed by atoms with Crippen molar-refractivity contribution in [1.82, 2.24) is 35.7 Å². The van der Waals surface area contributed by atoms with Crippen LogP contribution in [0.15, 0.2) is 24.3 Å². The van der Waals surface area contributed by atoms with E-state index >= 15 is 0 Å². The number of rotatable bonds is 5. The zero-order valence-corrected chi connectivity index (χ0v) is 23.1. The highest BCUT2D eigenvalue weighted by Gasteiger charge is 2.49. The summed E-state index contributed by atoms with van der Waals surface area (Å²) in [4.78, 5) is 43.7. The van der Waals surface area contributed by atoms with Gasteiger partial charge in [0.25, 0.3) is 5.91 Å². The van der Waals surface area contributed by atoms with Crippen LogP contribution >= 0.6 is 0 Å². The van der Waals surface area contributed by atoms with Gasteiger partial charge in [-0.15, -0.1) is 10.2 Å². The van der Waals surface area contributed by atoms with Gasteiger partial charge < -0.3 is 19.9 Å². The Hall–Kier alpha value is -3.71. The first-order valence-corrected chi connectivity index (χ1v) is 13.8. The number of tetrazole rings is 1. The standard InChI is InChI=1S/C27H34F3N7O4/c1-26(2,3)41-25(40)31-21(24(39)36-12-4-5-20(36)22-32-34-35-33-22)16-13-18-10-11-19(14-16)37(18)23(38)15-6-8-17(9-7-15)27(28,29)30/h6-9,16,18-21H,4-5,10-14H2,1-3H3,(H,31,40)(H,32,33,34,35)/t16?,18?,19?,20-,21-/m0/s1. The molecule has 2 N–H and O–H groups in total. The lowest BCUT2D eigenvalue weighted by molar-refractivity contribution is -0.138. The second-order valence-corrected chi connectivity index (χ2v) is 12.0. The van der Waals surface area contributed by atoms with E-state index in [0.29, 0.717) is 44.5 Å². The van der Waals surface area contributed by atoms with Crippen LogP contribution in [-0.2, 0) is 15.7 Å². The average molecular weight is 578 g/mol. The molecule has 2 aromatic rings. The number of nitrogens with zero attached hydrogens (tertiary/aromatic N) is 5. The maximum atomic E-state index is 14.0.